The fraction of sp³-hybridized carbons (Fsp3) is 0. The summed E-state index contributed by atoms with van der Waals surface area (Å²) >= 11 is 11.3. The van der Waals surface area contributed by atoms with Gasteiger partial charge in [0.25, 0.3) is 5.91 Å². The number of hydrogen-bond acceptors (Lipinski definition) is 2. The molecule has 0 radical (unpaired) electrons. The average Bonchev–Trinajstić information content (AvgIpc) is 2.90. The zero-order valence-corrected chi connectivity index (χ0v) is 12.5. The van der Waals surface area contributed by atoms with Crippen molar-refractivity contribution in [1.29, 1.82) is 0 Å². The van der Waals surface area contributed by atoms with E-state index in [1.54, 1.807) is 41.2 Å². The summed E-state index contributed by atoms with van der Waals surface area (Å²) in [7, 11) is 0. The zero-order valence-electron chi connectivity index (χ0n) is 10.9. The third kappa shape index (κ3) is 2.68. The van der Waals surface area contributed by atoms with Crippen molar-refractivity contribution in [2.75, 3.05) is 0 Å². The van der Waals surface area contributed by atoms with E-state index in [-0.39, 0.29) is 5.91 Å². The number of carbonyl (C=O) groups is 1. The van der Waals surface area contributed by atoms with Crippen LogP contribution in [0.4, 0.5) is 0 Å². The van der Waals surface area contributed by atoms with Crippen molar-refractivity contribution in [3.05, 3.63) is 82.3 Å². The van der Waals surface area contributed by atoms with Crippen molar-refractivity contribution in [3.63, 3.8) is 0 Å². The minimum absolute atomic E-state index is 0.145. The number of nitrogens with zero attached hydrogens (tertiary/aromatic N) is 2. The molecule has 1 heterocycles. The van der Waals surface area contributed by atoms with Crippen LogP contribution in [-0.2, 0) is 0 Å². The highest BCUT2D eigenvalue weighted by Gasteiger charge is 2.11. The second-order valence-electron chi connectivity index (χ2n) is 4.47. The summed E-state index contributed by atoms with van der Waals surface area (Å²) in [6, 6.07) is 16.3. The molecule has 0 saturated heterocycles. The number of hydrogen-bond donors (Lipinski definition) is 0. The van der Waals surface area contributed by atoms with Crippen LogP contribution in [0.25, 0.3) is 5.69 Å². The minimum Gasteiger partial charge on any atom is -0.292 e. The highest BCUT2D eigenvalue weighted by molar-refractivity contribution is 7.71. The smallest absolute Gasteiger partial charge is 0.264 e. The number of halogens is 1. The Bertz CT molecular complexity index is 835. The van der Waals surface area contributed by atoms with Gasteiger partial charge in [0.05, 0.1) is 0 Å². The molecule has 2 aromatic carbocycles. The Balaban J connectivity index is 2.02. The summed E-state index contributed by atoms with van der Waals surface area (Å²) in [6.07, 6.45) is 3.44. The molecular formula is C16H11ClN2OS. The monoisotopic (exact) mass is 314 g/mol. The second kappa shape index (κ2) is 5.68. The summed E-state index contributed by atoms with van der Waals surface area (Å²) in [5.41, 5.74) is 1.46. The van der Waals surface area contributed by atoms with E-state index < -0.39 is 0 Å². The Kier molecular flexibility index (Phi) is 3.73. The SMILES string of the molecule is O=C(c1ccccc1)n1ccn(-c2ccc(Cl)cc2)c1=S. The standard InChI is InChI=1S/C16H11ClN2OS/c17-13-6-8-14(9-7-13)18-10-11-19(16(18)21)15(20)12-4-2-1-3-5-12/h1-11H. The first-order valence-corrected chi connectivity index (χ1v) is 7.11. The van der Waals surface area contributed by atoms with E-state index in [0.29, 0.717) is 15.4 Å². The first-order chi connectivity index (χ1) is 10.2. The highest BCUT2D eigenvalue weighted by atomic mass is 35.5. The van der Waals surface area contributed by atoms with E-state index >= 15 is 0 Å². The quantitative estimate of drug-likeness (QED) is 0.657. The van der Waals surface area contributed by atoms with Crippen molar-refractivity contribution in [2.45, 2.75) is 0 Å². The van der Waals surface area contributed by atoms with E-state index in [1.165, 1.54) is 4.57 Å². The summed E-state index contributed by atoms with van der Waals surface area (Å²) in [5, 5.41) is 0.657. The Morgan fingerprint density at radius 1 is 0.952 bits per heavy atom. The van der Waals surface area contributed by atoms with Gasteiger partial charge in [-0.1, -0.05) is 29.8 Å². The minimum atomic E-state index is -0.145. The third-order valence-corrected chi connectivity index (χ3v) is 3.77. The Hall–Kier alpha value is -2.17. The van der Waals surface area contributed by atoms with Gasteiger partial charge < -0.3 is 0 Å². The second-order valence-corrected chi connectivity index (χ2v) is 5.27. The van der Waals surface area contributed by atoms with Crippen LogP contribution in [0.3, 0.4) is 0 Å². The number of imidazole rings is 1. The molecule has 0 fully saturated rings. The molecule has 3 rings (SSSR count). The van der Waals surface area contributed by atoms with Crippen LogP contribution in [0.5, 0.6) is 0 Å². The molecule has 0 N–H and O–H groups in total. The van der Waals surface area contributed by atoms with Gasteiger partial charge in [0.2, 0.25) is 0 Å². The number of carbonyl (C=O) groups excluding carboxylic acids is 1. The van der Waals surface area contributed by atoms with Gasteiger partial charge in [0.1, 0.15) is 0 Å². The van der Waals surface area contributed by atoms with Gasteiger partial charge in [-0.3, -0.25) is 13.9 Å². The van der Waals surface area contributed by atoms with E-state index in [4.69, 9.17) is 23.8 Å². The van der Waals surface area contributed by atoms with Gasteiger partial charge in [0.15, 0.2) is 4.77 Å². The van der Waals surface area contributed by atoms with E-state index in [1.807, 2.05) is 30.3 Å². The van der Waals surface area contributed by atoms with Crippen LogP contribution < -0.4 is 0 Å². The molecule has 1 aromatic heterocycles. The molecule has 0 aliphatic rings. The third-order valence-electron chi connectivity index (χ3n) is 3.12. The lowest BCUT2D eigenvalue weighted by Gasteiger charge is -2.04. The van der Waals surface area contributed by atoms with Crippen LogP contribution in [0, 0.1) is 4.77 Å². The van der Waals surface area contributed by atoms with Crippen LogP contribution in [0.1, 0.15) is 10.4 Å². The summed E-state index contributed by atoms with van der Waals surface area (Å²) in [4.78, 5) is 12.4. The van der Waals surface area contributed by atoms with Gasteiger partial charge in [-0.05, 0) is 48.6 Å². The van der Waals surface area contributed by atoms with Gasteiger partial charge >= 0.3 is 0 Å². The van der Waals surface area contributed by atoms with E-state index in [0.717, 1.165) is 5.69 Å². The molecule has 21 heavy (non-hydrogen) atoms. The Labute approximate surface area is 132 Å². The molecule has 0 bridgehead atoms. The predicted octanol–water partition coefficient (Wildman–Crippen LogP) is 4.35. The maximum atomic E-state index is 12.4. The number of aromatic nitrogens is 2. The van der Waals surface area contributed by atoms with Crippen LogP contribution in [0.15, 0.2) is 67.0 Å². The van der Waals surface area contributed by atoms with Crippen LogP contribution >= 0.6 is 23.8 Å². The van der Waals surface area contributed by atoms with Crippen LogP contribution in [-0.4, -0.2) is 15.0 Å². The van der Waals surface area contributed by atoms with Crippen molar-refractivity contribution in [2.24, 2.45) is 0 Å². The topological polar surface area (TPSA) is 26.9 Å². The molecule has 0 unspecified atom stereocenters. The zero-order chi connectivity index (χ0) is 14.8. The maximum absolute atomic E-state index is 12.4. The van der Waals surface area contributed by atoms with Gasteiger partial charge in [-0.2, -0.15) is 0 Å². The summed E-state index contributed by atoms with van der Waals surface area (Å²) in [6.45, 7) is 0. The van der Waals surface area contributed by atoms with E-state index in [9.17, 15) is 4.79 Å². The predicted molar refractivity (Wildman–Crippen MR) is 85.8 cm³/mol. The molecule has 0 atom stereocenters. The summed E-state index contributed by atoms with van der Waals surface area (Å²) in [5.74, 6) is -0.145. The van der Waals surface area contributed by atoms with Crippen molar-refractivity contribution in [3.8, 4) is 5.69 Å². The van der Waals surface area contributed by atoms with Crippen molar-refractivity contribution in [1.82, 2.24) is 9.13 Å². The molecule has 104 valence electrons. The normalized spacial score (nSPS) is 10.5. The lowest BCUT2D eigenvalue weighted by atomic mass is 10.2. The maximum Gasteiger partial charge on any atom is 0.264 e. The van der Waals surface area contributed by atoms with Crippen LogP contribution in [0.2, 0.25) is 5.02 Å². The Morgan fingerprint density at radius 3 is 2.29 bits per heavy atom. The van der Waals surface area contributed by atoms with Crippen molar-refractivity contribution < 1.29 is 4.79 Å². The largest absolute Gasteiger partial charge is 0.292 e. The lowest BCUT2D eigenvalue weighted by molar-refractivity contribution is 0.0958. The fourth-order valence-corrected chi connectivity index (χ4v) is 2.49. The lowest BCUT2D eigenvalue weighted by Crippen LogP contribution is -2.11. The highest BCUT2D eigenvalue weighted by Crippen LogP contribution is 2.15. The molecule has 0 spiro atoms. The van der Waals surface area contributed by atoms with Gasteiger partial charge in [-0.25, -0.2) is 0 Å². The molecular weight excluding hydrogens is 304 g/mol. The van der Waals surface area contributed by atoms with Crippen molar-refractivity contribution >= 4 is 29.7 Å². The molecule has 0 aliphatic carbocycles. The summed E-state index contributed by atoms with van der Waals surface area (Å²) < 4.78 is 3.65. The first kappa shape index (κ1) is 13.8. The van der Waals surface area contributed by atoms with E-state index in [2.05, 4.69) is 0 Å². The molecule has 5 heteroatoms. The average molecular weight is 315 g/mol. The fourth-order valence-electron chi connectivity index (χ4n) is 2.05. The van der Waals surface area contributed by atoms with Gasteiger partial charge in [-0.15, -0.1) is 0 Å². The molecule has 0 saturated carbocycles. The molecule has 0 amide bonds. The molecule has 3 nitrogen and oxygen atoms in total. The van der Waals surface area contributed by atoms with Gasteiger partial charge in [0, 0.05) is 28.7 Å². The number of benzene rings is 2. The molecule has 0 aliphatic heterocycles. The Morgan fingerprint density at radius 2 is 1.62 bits per heavy atom. The number of rotatable bonds is 2. The first-order valence-electron chi connectivity index (χ1n) is 6.32. The molecule has 3 aromatic rings.